The summed E-state index contributed by atoms with van der Waals surface area (Å²) < 4.78 is 6.16. The van der Waals surface area contributed by atoms with Crippen molar-refractivity contribution in [2.24, 2.45) is 0 Å². The first-order valence-electron chi connectivity index (χ1n) is 6.15. The molecular weight excluding hydrogens is 272 g/mol. The molecule has 0 amide bonds. The van der Waals surface area contributed by atoms with E-state index >= 15 is 0 Å². The van der Waals surface area contributed by atoms with Gasteiger partial charge in [-0.05, 0) is 42.7 Å². The molecule has 0 bridgehead atoms. The lowest BCUT2D eigenvalue weighted by Crippen LogP contribution is -2.00. The third kappa shape index (κ3) is 4.17. The van der Waals surface area contributed by atoms with E-state index in [2.05, 4.69) is 18.2 Å². The maximum Gasteiger partial charge on any atom is 0.331 e. The fourth-order valence-electron chi connectivity index (χ4n) is 1.61. The van der Waals surface area contributed by atoms with Crippen molar-refractivity contribution in [3.63, 3.8) is 0 Å². The number of hydrogen-bond donors (Lipinski definition) is 0. The largest absolute Gasteiger partial charge is 0.458 e. The number of fused-ring (bicyclic) bond motifs is 1. The van der Waals surface area contributed by atoms with Crippen LogP contribution in [-0.2, 0) is 14.3 Å². The van der Waals surface area contributed by atoms with E-state index in [0.717, 1.165) is 11.0 Å². The second-order valence-corrected chi connectivity index (χ2v) is 5.28. The summed E-state index contributed by atoms with van der Waals surface area (Å²) in [5.41, 5.74) is 0. The van der Waals surface area contributed by atoms with Gasteiger partial charge in [0.15, 0.2) is 5.78 Å². The minimum absolute atomic E-state index is 0.178. The molecule has 0 spiro atoms. The predicted octanol–water partition coefficient (Wildman–Crippen LogP) is 3.60. The van der Waals surface area contributed by atoms with Crippen LogP contribution in [0.15, 0.2) is 48.6 Å². The van der Waals surface area contributed by atoms with Gasteiger partial charge in [-0.25, -0.2) is 4.79 Å². The van der Waals surface area contributed by atoms with Gasteiger partial charge in [-0.15, -0.1) is 11.3 Å². The summed E-state index contributed by atoms with van der Waals surface area (Å²) in [5, 5.41) is 1.21. The molecular formula is C16H14O3S. The van der Waals surface area contributed by atoms with E-state index in [1.807, 2.05) is 18.2 Å². The summed E-state index contributed by atoms with van der Waals surface area (Å²) in [5.74, 6) is -0.691. The number of rotatable bonds is 5. The lowest BCUT2D eigenvalue weighted by Gasteiger charge is -1.95. The van der Waals surface area contributed by atoms with Crippen LogP contribution in [0.5, 0.6) is 0 Å². The Balaban J connectivity index is 1.87. The van der Waals surface area contributed by atoms with Gasteiger partial charge in [-0.1, -0.05) is 18.2 Å². The van der Waals surface area contributed by atoms with Crippen molar-refractivity contribution >= 4 is 39.3 Å². The molecule has 1 aromatic heterocycles. The van der Waals surface area contributed by atoms with Crippen LogP contribution in [-0.4, -0.2) is 18.4 Å². The summed E-state index contributed by atoms with van der Waals surface area (Å²) in [4.78, 5) is 23.0. The van der Waals surface area contributed by atoms with Crippen LogP contribution in [0.4, 0.5) is 0 Å². The van der Waals surface area contributed by atoms with Crippen LogP contribution in [0.1, 0.15) is 11.8 Å². The summed E-state index contributed by atoms with van der Waals surface area (Å²) in [7, 11) is 0. The first-order valence-corrected chi connectivity index (χ1v) is 6.97. The summed E-state index contributed by atoms with van der Waals surface area (Å²) >= 11 is 1.68. The molecule has 20 heavy (non-hydrogen) atoms. The fraction of sp³-hybridized carbons (Fsp3) is 0.125. The van der Waals surface area contributed by atoms with E-state index in [9.17, 15) is 9.59 Å². The Bertz CT molecular complexity index is 647. The minimum atomic E-state index is -0.513. The predicted molar refractivity (Wildman–Crippen MR) is 81.6 cm³/mol. The lowest BCUT2D eigenvalue weighted by molar-refractivity contribution is -0.136. The Morgan fingerprint density at radius 3 is 2.80 bits per heavy atom. The third-order valence-corrected chi connectivity index (χ3v) is 3.58. The van der Waals surface area contributed by atoms with Gasteiger partial charge in [0.1, 0.15) is 6.61 Å². The lowest BCUT2D eigenvalue weighted by atomic mass is 10.2. The Hall–Kier alpha value is -2.20. The molecule has 3 nitrogen and oxygen atoms in total. The average Bonchev–Trinajstić information content (AvgIpc) is 2.84. The summed E-state index contributed by atoms with van der Waals surface area (Å²) in [6, 6.07) is 10.2. The molecule has 4 heteroatoms. The molecule has 0 aliphatic carbocycles. The number of carbonyl (C=O) groups is 2. The van der Waals surface area contributed by atoms with E-state index in [4.69, 9.17) is 4.74 Å². The number of ether oxygens (including phenoxy) is 1. The Labute approximate surface area is 121 Å². The van der Waals surface area contributed by atoms with Crippen molar-refractivity contribution in [2.45, 2.75) is 6.92 Å². The highest BCUT2D eigenvalue weighted by Gasteiger charge is 1.98. The highest BCUT2D eigenvalue weighted by molar-refractivity contribution is 7.19. The Morgan fingerprint density at radius 1 is 1.25 bits per heavy atom. The topological polar surface area (TPSA) is 43.4 Å². The van der Waals surface area contributed by atoms with Crippen LogP contribution < -0.4 is 0 Å². The zero-order chi connectivity index (χ0) is 14.4. The number of ketones is 1. The minimum Gasteiger partial charge on any atom is -0.458 e. The zero-order valence-corrected chi connectivity index (χ0v) is 11.9. The molecule has 1 aromatic carbocycles. The summed E-state index contributed by atoms with van der Waals surface area (Å²) in [6.45, 7) is 1.57. The molecule has 1 heterocycles. The molecule has 0 unspecified atom stereocenters. The standard InChI is InChI=1S/C16H14O3S/c1-12(17)8-9-16(18)19-10-4-6-14-11-13-5-2-3-7-15(13)20-14/h2-9,11H,10H2,1H3/b6-4+,9-8+. The van der Waals surface area contributed by atoms with Gasteiger partial charge in [0.05, 0.1) is 0 Å². The first kappa shape index (κ1) is 14.2. The van der Waals surface area contributed by atoms with Gasteiger partial charge in [-0.2, -0.15) is 0 Å². The van der Waals surface area contributed by atoms with Crippen molar-refractivity contribution in [3.05, 3.63) is 53.4 Å². The molecule has 0 N–H and O–H groups in total. The molecule has 0 saturated heterocycles. The molecule has 0 saturated carbocycles. The first-order chi connectivity index (χ1) is 9.65. The molecule has 0 fully saturated rings. The molecule has 0 aliphatic heterocycles. The monoisotopic (exact) mass is 286 g/mol. The second kappa shape index (κ2) is 6.82. The molecule has 0 aliphatic rings. The maximum absolute atomic E-state index is 11.2. The van der Waals surface area contributed by atoms with Gasteiger partial charge in [-0.3, -0.25) is 4.79 Å². The fourth-order valence-corrected chi connectivity index (χ4v) is 2.61. The van der Waals surface area contributed by atoms with E-state index < -0.39 is 5.97 Å². The Kier molecular flexibility index (Phi) is 4.85. The quantitative estimate of drug-likeness (QED) is 0.623. The molecule has 2 rings (SSSR count). The van der Waals surface area contributed by atoms with E-state index in [-0.39, 0.29) is 12.4 Å². The van der Waals surface area contributed by atoms with Crippen molar-refractivity contribution < 1.29 is 14.3 Å². The van der Waals surface area contributed by atoms with E-state index in [0.29, 0.717) is 0 Å². The highest BCUT2D eigenvalue weighted by atomic mass is 32.1. The number of benzene rings is 1. The smallest absolute Gasteiger partial charge is 0.331 e. The van der Waals surface area contributed by atoms with Crippen LogP contribution in [0.2, 0.25) is 0 Å². The molecule has 102 valence electrons. The van der Waals surface area contributed by atoms with Gasteiger partial charge < -0.3 is 4.74 Å². The van der Waals surface area contributed by atoms with Gasteiger partial charge in [0, 0.05) is 15.7 Å². The van der Waals surface area contributed by atoms with Crippen LogP contribution in [0.3, 0.4) is 0 Å². The van der Waals surface area contributed by atoms with Gasteiger partial charge >= 0.3 is 5.97 Å². The van der Waals surface area contributed by atoms with Gasteiger partial charge in [0.25, 0.3) is 0 Å². The Morgan fingerprint density at radius 2 is 2.05 bits per heavy atom. The number of thiophene rings is 1. The summed E-state index contributed by atoms with van der Waals surface area (Å²) in [6.07, 6.45) is 6.03. The number of hydrogen-bond acceptors (Lipinski definition) is 4. The number of esters is 1. The van der Waals surface area contributed by atoms with E-state index in [1.165, 1.54) is 23.1 Å². The van der Waals surface area contributed by atoms with Crippen molar-refractivity contribution in [2.75, 3.05) is 6.61 Å². The normalized spacial score (nSPS) is 11.4. The van der Waals surface area contributed by atoms with Crippen LogP contribution >= 0.6 is 11.3 Å². The highest BCUT2D eigenvalue weighted by Crippen LogP contribution is 2.25. The number of carbonyl (C=O) groups excluding carboxylic acids is 2. The van der Waals surface area contributed by atoms with Crippen LogP contribution in [0.25, 0.3) is 16.2 Å². The second-order valence-electron chi connectivity index (χ2n) is 4.16. The number of allylic oxidation sites excluding steroid dienone is 1. The third-order valence-electron chi connectivity index (χ3n) is 2.50. The average molecular weight is 286 g/mol. The maximum atomic E-state index is 11.2. The zero-order valence-electron chi connectivity index (χ0n) is 11.0. The molecule has 2 aromatic rings. The molecule has 0 radical (unpaired) electrons. The van der Waals surface area contributed by atoms with Gasteiger partial charge in [0.2, 0.25) is 0 Å². The molecule has 0 atom stereocenters. The van der Waals surface area contributed by atoms with Crippen molar-refractivity contribution in [1.29, 1.82) is 0 Å². The van der Waals surface area contributed by atoms with Crippen molar-refractivity contribution in [3.8, 4) is 0 Å². The van der Waals surface area contributed by atoms with Crippen LogP contribution in [0, 0.1) is 0 Å². The van der Waals surface area contributed by atoms with Crippen molar-refractivity contribution in [1.82, 2.24) is 0 Å². The van der Waals surface area contributed by atoms with E-state index in [1.54, 1.807) is 17.4 Å². The SMILES string of the molecule is CC(=O)/C=C/C(=O)OC/C=C/c1cc2ccccc2s1.